The van der Waals surface area contributed by atoms with E-state index in [4.69, 9.17) is 0 Å². The van der Waals surface area contributed by atoms with Gasteiger partial charge in [-0.2, -0.15) is 0 Å². The summed E-state index contributed by atoms with van der Waals surface area (Å²) >= 11 is 0. The molecule has 2 heteroatoms. The van der Waals surface area contributed by atoms with E-state index < -0.39 is 0 Å². The van der Waals surface area contributed by atoms with E-state index in [9.17, 15) is 0 Å². The molecular formula is C11H24ClN. The Kier molecular flexibility index (Phi) is 5.98. The van der Waals surface area contributed by atoms with Crippen LogP contribution in [0.4, 0.5) is 0 Å². The van der Waals surface area contributed by atoms with Gasteiger partial charge in [-0.3, -0.25) is 0 Å². The number of quaternary nitrogens is 1. The molecule has 80 valence electrons. The molecule has 0 spiro atoms. The second-order valence-electron chi connectivity index (χ2n) is 4.79. The lowest BCUT2D eigenvalue weighted by atomic mass is 9.93. The second kappa shape index (κ2) is 5.87. The third kappa shape index (κ3) is 3.86. The standard InChI is InChI=1S/C11H24N.ClH/c1-4-10-12(2,3)11-8-6-5-7-9-11;/h11H,4-10H2,1-3H3;1H/q+1;/p-1. The fourth-order valence-corrected chi connectivity index (χ4v) is 2.54. The Morgan fingerprint density at radius 3 is 2.08 bits per heavy atom. The fourth-order valence-electron chi connectivity index (χ4n) is 2.54. The van der Waals surface area contributed by atoms with Gasteiger partial charge in [0, 0.05) is 0 Å². The number of halogens is 1. The van der Waals surface area contributed by atoms with Gasteiger partial charge in [-0.15, -0.1) is 0 Å². The van der Waals surface area contributed by atoms with Gasteiger partial charge in [-0.1, -0.05) is 13.3 Å². The highest BCUT2D eigenvalue weighted by Crippen LogP contribution is 2.25. The van der Waals surface area contributed by atoms with E-state index in [1.54, 1.807) is 0 Å². The van der Waals surface area contributed by atoms with Gasteiger partial charge < -0.3 is 16.9 Å². The molecule has 0 saturated heterocycles. The molecule has 0 bridgehead atoms. The van der Waals surface area contributed by atoms with Crippen molar-refractivity contribution >= 4 is 0 Å². The first kappa shape index (κ1) is 13.2. The Labute approximate surface area is 89.5 Å². The number of hydrogen-bond donors (Lipinski definition) is 0. The van der Waals surface area contributed by atoms with Crippen molar-refractivity contribution in [1.29, 1.82) is 0 Å². The van der Waals surface area contributed by atoms with Crippen molar-refractivity contribution in [3.8, 4) is 0 Å². The van der Waals surface area contributed by atoms with Gasteiger partial charge in [-0.25, -0.2) is 0 Å². The molecule has 0 radical (unpaired) electrons. The number of nitrogens with zero attached hydrogens (tertiary/aromatic N) is 1. The minimum absolute atomic E-state index is 0. The van der Waals surface area contributed by atoms with E-state index >= 15 is 0 Å². The quantitative estimate of drug-likeness (QED) is 0.561. The monoisotopic (exact) mass is 205 g/mol. The molecule has 0 aromatic rings. The summed E-state index contributed by atoms with van der Waals surface area (Å²) in [6.07, 6.45) is 8.66. The maximum Gasteiger partial charge on any atom is 0.0886 e. The smallest absolute Gasteiger partial charge is 0.0886 e. The number of rotatable bonds is 3. The summed E-state index contributed by atoms with van der Waals surface area (Å²) in [5.41, 5.74) is 0. The zero-order chi connectivity index (χ0) is 9.03. The molecule has 1 saturated carbocycles. The van der Waals surface area contributed by atoms with Crippen molar-refractivity contribution in [3.05, 3.63) is 0 Å². The van der Waals surface area contributed by atoms with Gasteiger partial charge in [0.2, 0.25) is 0 Å². The van der Waals surface area contributed by atoms with Gasteiger partial charge in [-0.05, 0) is 32.1 Å². The van der Waals surface area contributed by atoms with Gasteiger partial charge in [0.25, 0.3) is 0 Å². The van der Waals surface area contributed by atoms with Crippen LogP contribution in [-0.2, 0) is 0 Å². The normalized spacial score (nSPS) is 19.6. The Morgan fingerprint density at radius 1 is 1.08 bits per heavy atom. The fraction of sp³-hybridized carbons (Fsp3) is 1.00. The van der Waals surface area contributed by atoms with Crippen molar-refractivity contribution in [2.24, 2.45) is 0 Å². The average Bonchev–Trinajstić information content (AvgIpc) is 2.06. The van der Waals surface area contributed by atoms with E-state index in [1.807, 2.05) is 0 Å². The zero-order valence-electron chi connectivity index (χ0n) is 9.35. The summed E-state index contributed by atoms with van der Waals surface area (Å²) in [6.45, 7) is 3.65. The Morgan fingerprint density at radius 2 is 1.62 bits per heavy atom. The third-order valence-electron chi connectivity index (χ3n) is 3.36. The highest BCUT2D eigenvalue weighted by atomic mass is 35.5. The molecule has 0 aromatic carbocycles. The van der Waals surface area contributed by atoms with Crippen molar-refractivity contribution < 1.29 is 16.9 Å². The van der Waals surface area contributed by atoms with Crippen molar-refractivity contribution in [2.45, 2.75) is 51.5 Å². The molecule has 0 aliphatic heterocycles. The van der Waals surface area contributed by atoms with Crippen molar-refractivity contribution in [2.75, 3.05) is 20.6 Å². The largest absolute Gasteiger partial charge is 1.00 e. The van der Waals surface area contributed by atoms with E-state index in [1.165, 1.54) is 49.6 Å². The lowest BCUT2D eigenvalue weighted by Crippen LogP contribution is -3.00. The first-order valence-electron chi connectivity index (χ1n) is 5.49. The van der Waals surface area contributed by atoms with Gasteiger partial charge in [0.05, 0.1) is 26.7 Å². The van der Waals surface area contributed by atoms with E-state index in [0.29, 0.717) is 0 Å². The van der Waals surface area contributed by atoms with Crippen LogP contribution in [-0.4, -0.2) is 31.2 Å². The van der Waals surface area contributed by atoms with Crippen LogP contribution in [0.15, 0.2) is 0 Å². The number of hydrogen-bond acceptors (Lipinski definition) is 0. The van der Waals surface area contributed by atoms with Crippen LogP contribution in [0.2, 0.25) is 0 Å². The Balaban J connectivity index is 0.00000144. The van der Waals surface area contributed by atoms with Crippen molar-refractivity contribution in [1.82, 2.24) is 0 Å². The molecule has 1 fully saturated rings. The molecule has 0 aromatic heterocycles. The Bertz CT molecular complexity index is 128. The van der Waals surface area contributed by atoms with Crippen LogP contribution in [0, 0.1) is 0 Å². The predicted octanol–water partition coefficient (Wildman–Crippen LogP) is -0.190. The third-order valence-corrected chi connectivity index (χ3v) is 3.36. The molecule has 0 heterocycles. The lowest BCUT2D eigenvalue weighted by Gasteiger charge is -2.40. The van der Waals surface area contributed by atoms with Crippen LogP contribution in [0.25, 0.3) is 0 Å². The van der Waals surface area contributed by atoms with Crippen LogP contribution in [0.5, 0.6) is 0 Å². The summed E-state index contributed by atoms with van der Waals surface area (Å²) in [5.74, 6) is 0. The molecule has 0 unspecified atom stereocenters. The van der Waals surface area contributed by atoms with Crippen LogP contribution in [0.3, 0.4) is 0 Å². The molecule has 1 aliphatic carbocycles. The molecule has 0 atom stereocenters. The van der Waals surface area contributed by atoms with Gasteiger partial charge >= 0.3 is 0 Å². The summed E-state index contributed by atoms with van der Waals surface area (Å²) in [4.78, 5) is 0. The van der Waals surface area contributed by atoms with E-state index in [2.05, 4.69) is 21.0 Å². The minimum Gasteiger partial charge on any atom is -1.00 e. The predicted molar refractivity (Wildman–Crippen MR) is 54.1 cm³/mol. The molecular weight excluding hydrogens is 182 g/mol. The van der Waals surface area contributed by atoms with Crippen LogP contribution >= 0.6 is 0 Å². The van der Waals surface area contributed by atoms with E-state index in [-0.39, 0.29) is 12.4 Å². The molecule has 13 heavy (non-hydrogen) atoms. The molecule has 1 rings (SSSR count). The minimum atomic E-state index is 0. The van der Waals surface area contributed by atoms with Gasteiger partial charge in [0.15, 0.2) is 0 Å². The maximum absolute atomic E-state index is 2.40. The average molecular weight is 206 g/mol. The zero-order valence-corrected chi connectivity index (χ0v) is 10.1. The first-order chi connectivity index (χ1) is 5.67. The summed E-state index contributed by atoms with van der Waals surface area (Å²) < 4.78 is 1.26. The molecule has 1 aliphatic rings. The van der Waals surface area contributed by atoms with Gasteiger partial charge in [0.1, 0.15) is 0 Å². The lowest BCUT2D eigenvalue weighted by molar-refractivity contribution is -0.916. The van der Waals surface area contributed by atoms with Crippen LogP contribution in [0.1, 0.15) is 45.4 Å². The highest BCUT2D eigenvalue weighted by molar-refractivity contribution is 4.65. The second-order valence-corrected chi connectivity index (χ2v) is 4.79. The van der Waals surface area contributed by atoms with Crippen molar-refractivity contribution in [3.63, 3.8) is 0 Å². The van der Waals surface area contributed by atoms with E-state index in [0.717, 1.165) is 6.04 Å². The molecule has 0 N–H and O–H groups in total. The maximum atomic E-state index is 2.40. The summed E-state index contributed by atoms with van der Waals surface area (Å²) in [7, 11) is 4.80. The Hall–Kier alpha value is 0.250. The SMILES string of the molecule is CCC[N+](C)(C)C1CCCCC1.[Cl-]. The molecule has 1 nitrogen and oxygen atoms in total. The first-order valence-corrected chi connectivity index (χ1v) is 5.49. The van der Waals surface area contributed by atoms with Crippen LogP contribution < -0.4 is 12.4 Å². The summed E-state index contributed by atoms with van der Waals surface area (Å²) in [5, 5.41) is 0. The molecule has 0 amide bonds. The topological polar surface area (TPSA) is 0 Å². The highest BCUT2D eigenvalue weighted by Gasteiger charge is 2.28. The summed E-state index contributed by atoms with van der Waals surface area (Å²) in [6, 6.07) is 0.957.